The van der Waals surface area contributed by atoms with Crippen molar-refractivity contribution >= 4 is 23.2 Å². The summed E-state index contributed by atoms with van der Waals surface area (Å²) in [5, 5.41) is 3.35. The average Bonchev–Trinajstić information content (AvgIpc) is 2.26. The molecular weight excluding hydrogens is 262 g/mol. The summed E-state index contributed by atoms with van der Waals surface area (Å²) in [4.78, 5) is 14.4. The Hall–Kier alpha value is -1.26. The van der Waals surface area contributed by atoms with Crippen molar-refractivity contribution in [1.82, 2.24) is 10.2 Å². The zero-order chi connectivity index (χ0) is 14.0. The van der Waals surface area contributed by atoms with Gasteiger partial charge in [-0.15, -0.1) is 0 Å². The van der Waals surface area contributed by atoms with Crippen LogP contribution in [-0.4, -0.2) is 37.0 Å². The van der Waals surface area contributed by atoms with E-state index in [9.17, 15) is 4.79 Å². The van der Waals surface area contributed by atoms with Gasteiger partial charge in [0.2, 0.25) is 0 Å². The first kappa shape index (κ1) is 14.2. The van der Waals surface area contributed by atoms with Crippen molar-refractivity contribution in [3.8, 4) is 0 Å². The molecule has 0 spiro atoms. The maximum atomic E-state index is 12.2. The third-order valence-corrected chi connectivity index (χ3v) is 4.40. The molecule has 0 aromatic heterocycles. The van der Waals surface area contributed by atoms with E-state index in [0.29, 0.717) is 22.8 Å². The Labute approximate surface area is 118 Å². The third kappa shape index (κ3) is 2.69. The highest BCUT2D eigenvalue weighted by atomic mass is 35.5. The van der Waals surface area contributed by atoms with Crippen molar-refractivity contribution in [3.05, 3.63) is 28.8 Å². The molecule has 3 N–H and O–H groups in total. The number of halogens is 1. The molecule has 1 saturated carbocycles. The van der Waals surface area contributed by atoms with E-state index >= 15 is 0 Å². The maximum Gasteiger partial charge on any atom is 0.254 e. The number of hydrogen-bond acceptors (Lipinski definition) is 3. The number of carbonyl (C=O) groups is 1. The molecule has 5 heteroatoms. The summed E-state index contributed by atoms with van der Waals surface area (Å²) in [5.74, 6) is -0.198. The largest absolute Gasteiger partial charge is 0.398 e. The van der Waals surface area contributed by atoms with E-state index in [2.05, 4.69) is 24.3 Å². The molecular formula is C14H20ClN3O. The second-order valence-corrected chi connectivity index (χ2v) is 5.77. The number of anilines is 1. The molecule has 4 nitrogen and oxygen atoms in total. The Morgan fingerprint density at radius 2 is 2.16 bits per heavy atom. The number of rotatable bonds is 4. The SMILES string of the molecule is CN(C)C1(CNC(=O)c2c(N)cccc2Cl)CCC1. The van der Waals surface area contributed by atoms with Crippen LogP contribution in [0.25, 0.3) is 0 Å². The first-order valence-corrected chi connectivity index (χ1v) is 6.84. The van der Waals surface area contributed by atoms with Gasteiger partial charge in [-0.2, -0.15) is 0 Å². The van der Waals surface area contributed by atoms with Gasteiger partial charge in [0.1, 0.15) is 0 Å². The molecule has 0 radical (unpaired) electrons. The first-order valence-electron chi connectivity index (χ1n) is 6.46. The highest BCUT2D eigenvalue weighted by Crippen LogP contribution is 2.35. The van der Waals surface area contributed by atoms with Crippen molar-refractivity contribution in [3.63, 3.8) is 0 Å². The van der Waals surface area contributed by atoms with Crippen molar-refractivity contribution in [2.24, 2.45) is 0 Å². The van der Waals surface area contributed by atoms with E-state index in [1.54, 1.807) is 18.2 Å². The van der Waals surface area contributed by atoms with E-state index in [-0.39, 0.29) is 11.4 Å². The van der Waals surface area contributed by atoms with Crippen LogP contribution in [0.15, 0.2) is 18.2 Å². The molecule has 0 saturated heterocycles. The van der Waals surface area contributed by atoms with Crippen molar-refractivity contribution in [1.29, 1.82) is 0 Å². The zero-order valence-electron chi connectivity index (χ0n) is 11.4. The molecule has 0 aliphatic heterocycles. The lowest BCUT2D eigenvalue weighted by Gasteiger charge is -2.47. The van der Waals surface area contributed by atoms with E-state index in [1.807, 2.05) is 0 Å². The third-order valence-electron chi connectivity index (χ3n) is 4.08. The fourth-order valence-electron chi connectivity index (χ4n) is 2.48. The van der Waals surface area contributed by atoms with Gasteiger partial charge in [-0.1, -0.05) is 17.7 Å². The fourth-order valence-corrected chi connectivity index (χ4v) is 2.75. The lowest BCUT2D eigenvalue weighted by atomic mass is 9.75. The standard InChI is InChI=1S/C14H20ClN3O/c1-18(2)14(7-4-8-14)9-17-13(19)12-10(15)5-3-6-11(12)16/h3,5-6H,4,7-9,16H2,1-2H3,(H,17,19). The van der Waals surface area contributed by atoms with Gasteiger partial charge in [0.25, 0.3) is 5.91 Å². The van der Waals surface area contributed by atoms with Crippen molar-refractivity contribution in [2.75, 3.05) is 26.4 Å². The second kappa shape index (κ2) is 5.39. The number of benzene rings is 1. The fraction of sp³-hybridized carbons (Fsp3) is 0.500. The van der Waals surface area contributed by atoms with E-state index < -0.39 is 0 Å². The molecule has 1 fully saturated rings. The van der Waals surface area contributed by atoms with Crippen LogP contribution in [0.5, 0.6) is 0 Å². The Kier molecular flexibility index (Phi) is 4.02. The van der Waals surface area contributed by atoms with E-state index in [0.717, 1.165) is 12.8 Å². The number of nitrogens with one attached hydrogen (secondary N) is 1. The summed E-state index contributed by atoms with van der Waals surface area (Å²) >= 11 is 6.03. The molecule has 2 rings (SSSR count). The Balaban J connectivity index is 2.06. The minimum absolute atomic E-state index is 0.0890. The molecule has 0 bridgehead atoms. The van der Waals surface area contributed by atoms with Gasteiger partial charge in [0.05, 0.1) is 10.6 Å². The highest BCUT2D eigenvalue weighted by Gasteiger charge is 2.39. The predicted octanol–water partition coefficient (Wildman–Crippen LogP) is 2.14. The lowest BCUT2D eigenvalue weighted by Crippen LogP contribution is -2.57. The van der Waals surface area contributed by atoms with Crippen molar-refractivity contribution < 1.29 is 4.79 Å². The Morgan fingerprint density at radius 1 is 1.47 bits per heavy atom. The summed E-state index contributed by atoms with van der Waals surface area (Å²) in [7, 11) is 4.10. The summed E-state index contributed by atoms with van der Waals surface area (Å²) in [6, 6.07) is 5.10. The normalized spacial score (nSPS) is 17.1. The highest BCUT2D eigenvalue weighted by molar-refractivity contribution is 6.34. The van der Waals surface area contributed by atoms with E-state index in [1.165, 1.54) is 6.42 Å². The van der Waals surface area contributed by atoms with Crippen LogP contribution in [0.1, 0.15) is 29.6 Å². The van der Waals surface area contributed by atoms with Gasteiger partial charge in [0.15, 0.2) is 0 Å². The molecule has 1 amide bonds. The molecule has 1 aliphatic rings. The molecule has 1 aromatic rings. The van der Waals surface area contributed by atoms with E-state index in [4.69, 9.17) is 17.3 Å². The topological polar surface area (TPSA) is 58.4 Å². The van der Waals surface area contributed by atoms with Crippen LogP contribution in [-0.2, 0) is 0 Å². The van der Waals surface area contributed by atoms with Gasteiger partial charge in [-0.3, -0.25) is 4.79 Å². The summed E-state index contributed by atoms with van der Waals surface area (Å²) in [5.41, 5.74) is 6.69. The van der Waals surface area contributed by atoms with Crippen LogP contribution in [0.4, 0.5) is 5.69 Å². The Bertz CT molecular complexity index is 463. The monoisotopic (exact) mass is 281 g/mol. The number of nitrogens with zero attached hydrogens (tertiary/aromatic N) is 1. The minimum atomic E-state index is -0.198. The van der Waals surface area contributed by atoms with Crippen LogP contribution < -0.4 is 11.1 Å². The van der Waals surface area contributed by atoms with Gasteiger partial charge < -0.3 is 16.0 Å². The van der Waals surface area contributed by atoms with Crippen LogP contribution in [0.3, 0.4) is 0 Å². The summed E-state index contributed by atoms with van der Waals surface area (Å²) in [6.07, 6.45) is 3.43. The molecule has 1 aliphatic carbocycles. The number of carbonyl (C=O) groups excluding carboxylic acids is 1. The zero-order valence-corrected chi connectivity index (χ0v) is 12.1. The van der Waals surface area contributed by atoms with Crippen LogP contribution in [0, 0.1) is 0 Å². The predicted molar refractivity (Wildman–Crippen MR) is 78.5 cm³/mol. The average molecular weight is 282 g/mol. The number of nitrogen functional groups attached to an aromatic ring is 1. The molecule has 0 unspecified atom stereocenters. The Morgan fingerprint density at radius 3 is 2.63 bits per heavy atom. The number of nitrogens with two attached hydrogens (primary N) is 1. The van der Waals surface area contributed by atoms with Gasteiger partial charge in [-0.05, 0) is 45.5 Å². The summed E-state index contributed by atoms with van der Waals surface area (Å²) in [6.45, 7) is 0.628. The number of amides is 1. The van der Waals surface area contributed by atoms with Gasteiger partial charge in [0, 0.05) is 17.8 Å². The van der Waals surface area contributed by atoms with Crippen LogP contribution in [0.2, 0.25) is 5.02 Å². The maximum absolute atomic E-state index is 12.2. The molecule has 1 aromatic carbocycles. The number of likely N-dealkylation sites (N-methyl/N-ethyl adjacent to an activating group) is 1. The molecule has 19 heavy (non-hydrogen) atoms. The smallest absolute Gasteiger partial charge is 0.254 e. The lowest BCUT2D eigenvalue weighted by molar-refractivity contribution is 0.0558. The van der Waals surface area contributed by atoms with Gasteiger partial charge >= 0.3 is 0 Å². The van der Waals surface area contributed by atoms with Crippen LogP contribution >= 0.6 is 11.6 Å². The molecule has 0 heterocycles. The summed E-state index contributed by atoms with van der Waals surface area (Å²) < 4.78 is 0. The quantitative estimate of drug-likeness (QED) is 0.832. The second-order valence-electron chi connectivity index (χ2n) is 5.36. The minimum Gasteiger partial charge on any atom is -0.398 e. The number of hydrogen-bond donors (Lipinski definition) is 2. The first-order chi connectivity index (χ1) is 8.96. The molecule has 0 atom stereocenters. The van der Waals surface area contributed by atoms with Crippen molar-refractivity contribution in [2.45, 2.75) is 24.8 Å². The molecule has 104 valence electrons. The van der Waals surface area contributed by atoms with Gasteiger partial charge in [-0.25, -0.2) is 0 Å².